The minimum Gasteiger partial charge on any atom is -0.744 e. The third-order valence-electron chi connectivity index (χ3n) is 3.74. The first-order valence-corrected chi connectivity index (χ1v) is 11.8. The van der Waals surface area contributed by atoms with Crippen LogP contribution in [0, 0.1) is 0 Å². The van der Waals surface area contributed by atoms with E-state index < -0.39 is 28.2 Å². The smallest absolute Gasteiger partial charge is 0.124 e. The number of benzene rings is 3. The highest BCUT2D eigenvalue weighted by Crippen LogP contribution is 2.34. The summed E-state index contributed by atoms with van der Waals surface area (Å²) in [7, 11) is -10.7. The van der Waals surface area contributed by atoms with Crippen LogP contribution in [0.25, 0.3) is 0 Å². The number of rotatable bonds is 5. The summed E-state index contributed by atoms with van der Waals surface area (Å²) in [5.41, 5.74) is 0. The first-order valence-electron chi connectivity index (χ1n) is 7.63. The highest BCUT2D eigenvalue weighted by Gasteiger charge is 2.18. The molecule has 0 saturated heterocycles. The quantitative estimate of drug-likeness (QED) is 0.453. The molecular formula is C18H13O6PS2-2. The Hall–Kier alpha value is -2.09. The van der Waals surface area contributed by atoms with Crippen LogP contribution in [0.15, 0.2) is 88.7 Å². The van der Waals surface area contributed by atoms with Gasteiger partial charge in [0, 0.05) is 0 Å². The summed E-state index contributed by atoms with van der Waals surface area (Å²) in [6, 6.07) is 20.3. The van der Waals surface area contributed by atoms with Crippen LogP contribution in [-0.2, 0) is 20.2 Å². The summed E-state index contributed by atoms with van der Waals surface area (Å²) in [5.74, 6) is 0. The Morgan fingerprint density at radius 3 is 1.37 bits per heavy atom. The second kappa shape index (κ2) is 7.50. The number of hydrogen-bond acceptors (Lipinski definition) is 6. The lowest BCUT2D eigenvalue weighted by molar-refractivity contribution is 0.461. The Balaban J connectivity index is 2.23. The van der Waals surface area contributed by atoms with Crippen molar-refractivity contribution in [3.05, 3.63) is 78.9 Å². The van der Waals surface area contributed by atoms with Crippen molar-refractivity contribution in [2.45, 2.75) is 9.79 Å². The van der Waals surface area contributed by atoms with Crippen LogP contribution in [0.2, 0.25) is 0 Å². The van der Waals surface area contributed by atoms with Crippen molar-refractivity contribution in [1.29, 1.82) is 0 Å². The summed E-state index contributed by atoms with van der Waals surface area (Å²) in [6.07, 6.45) is 0. The van der Waals surface area contributed by atoms with Crippen molar-refractivity contribution in [3.63, 3.8) is 0 Å². The van der Waals surface area contributed by atoms with E-state index in [-0.39, 0.29) is 9.79 Å². The molecule has 0 fully saturated rings. The van der Waals surface area contributed by atoms with Gasteiger partial charge in [-0.2, -0.15) is 0 Å². The summed E-state index contributed by atoms with van der Waals surface area (Å²) in [5, 5.41) is 1.91. The second-order valence-electron chi connectivity index (χ2n) is 5.57. The van der Waals surface area contributed by atoms with E-state index in [4.69, 9.17) is 0 Å². The van der Waals surface area contributed by atoms with Crippen LogP contribution in [0.4, 0.5) is 0 Å². The first kappa shape index (κ1) is 19.7. The lowest BCUT2D eigenvalue weighted by Gasteiger charge is -2.21. The molecule has 0 N–H and O–H groups in total. The molecule has 0 saturated carbocycles. The van der Waals surface area contributed by atoms with Gasteiger partial charge in [-0.3, -0.25) is 0 Å². The van der Waals surface area contributed by atoms with Crippen molar-refractivity contribution in [1.82, 2.24) is 0 Å². The van der Waals surface area contributed by atoms with E-state index in [9.17, 15) is 25.9 Å². The Morgan fingerprint density at radius 2 is 0.963 bits per heavy atom. The second-order valence-corrected chi connectivity index (χ2v) is 10.6. The van der Waals surface area contributed by atoms with Gasteiger partial charge >= 0.3 is 0 Å². The Bertz CT molecular complexity index is 1100. The molecule has 0 heterocycles. The fourth-order valence-corrected chi connectivity index (χ4v) is 6.16. The van der Waals surface area contributed by atoms with E-state index in [1.54, 1.807) is 24.3 Å². The monoisotopic (exact) mass is 420 g/mol. The Morgan fingerprint density at radius 1 is 0.556 bits per heavy atom. The van der Waals surface area contributed by atoms with Gasteiger partial charge in [0.15, 0.2) is 0 Å². The SMILES string of the molecule is O=S(=O)([O-])c1cccc(P(c2ccccc2)c2cccc(S(=O)(=O)[O-])c2)c1. The van der Waals surface area contributed by atoms with Gasteiger partial charge in [-0.25, -0.2) is 16.8 Å². The summed E-state index contributed by atoms with van der Waals surface area (Å²) in [4.78, 5) is -0.730. The van der Waals surface area contributed by atoms with E-state index in [1.165, 1.54) is 36.4 Å². The van der Waals surface area contributed by atoms with Crippen molar-refractivity contribution < 1.29 is 25.9 Å². The fraction of sp³-hybridized carbons (Fsp3) is 0. The highest BCUT2D eigenvalue weighted by molar-refractivity contribution is 7.86. The van der Waals surface area contributed by atoms with Crippen LogP contribution in [0.3, 0.4) is 0 Å². The zero-order valence-corrected chi connectivity index (χ0v) is 16.2. The maximum Gasteiger partial charge on any atom is 0.124 e. The molecule has 6 nitrogen and oxygen atoms in total. The first-order chi connectivity index (χ1) is 12.7. The third kappa shape index (κ3) is 4.61. The molecule has 0 atom stereocenters. The van der Waals surface area contributed by atoms with Gasteiger partial charge in [0.2, 0.25) is 0 Å². The lowest BCUT2D eigenvalue weighted by atomic mass is 10.3. The van der Waals surface area contributed by atoms with Gasteiger partial charge in [-0.15, -0.1) is 0 Å². The molecule has 0 bridgehead atoms. The minimum atomic E-state index is -4.64. The molecule has 0 aromatic heterocycles. The van der Waals surface area contributed by atoms with Gasteiger partial charge in [0.05, 0.1) is 9.79 Å². The van der Waals surface area contributed by atoms with Crippen LogP contribution < -0.4 is 15.9 Å². The van der Waals surface area contributed by atoms with Crippen molar-refractivity contribution in [2.75, 3.05) is 0 Å². The zero-order chi connectivity index (χ0) is 19.7. The molecule has 0 aliphatic carbocycles. The van der Waals surface area contributed by atoms with Gasteiger partial charge in [0.25, 0.3) is 0 Å². The van der Waals surface area contributed by atoms with Gasteiger partial charge in [-0.1, -0.05) is 54.6 Å². The van der Waals surface area contributed by atoms with E-state index in [2.05, 4.69) is 0 Å². The molecule has 140 valence electrons. The molecule has 0 aliphatic rings. The largest absolute Gasteiger partial charge is 0.744 e. The van der Waals surface area contributed by atoms with Gasteiger partial charge in [0.1, 0.15) is 20.2 Å². The molecule has 3 aromatic carbocycles. The normalized spacial score (nSPS) is 12.3. The summed E-state index contributed by atoms with van der Waals surface area (Å²) in [6.45, 7) is 0. The number of hydrogen-bond donors (Lipinski definition) is 0. The Kier molecular flexibility index (Phi) is 5.46. The van der Waals surface area contributed by atoms with Crippen LogP contribution in [0.5, 0.6) is 0 Å². The molecule has 0 radical (unpaired) electrons. The topological polar surface area (TPSA) is 114 Å². The molecule has 0 aliphatic heterocycles. The zero-order valence-electron chi connectivity index (χ0n) is 13.7. The van der Waals surface area contributed by atoms with E-state index in [0.29, 0.717) is 10.6 Å². The van der Waals surface area contributed by atoms with E-state index in [0.717, 1.165) is 5.30 Å². The summed E-state index contributed by atoms with van der Waals surface area (Å²) >= 11 is 0. The summed E-state index contributed by atoms with van der Waals surface area (Å²) < 4.78 is 68.4. The van der Waals surface area contributed by atoms with Gasteiger partial charge in [-0.05, 0) is 48.1 Å². The van der Waals surface area contributed by atoms with Crippen molar-refractivity contribution >= 4 is 44.1 Å². The van der Waals surface area contributed by atoms with E-state index >= 15 is 0 Å². The molecular weight excluding hydrogens is 407 g/mol. The van der Waals surface area contributed by atoms with Gasteiger partial charge < -0.3 is 9.11 Å². The Labute approximate surface area is 158 Å². The molecule has 27 heavy (non-hydrogen) atoms. The lowest BCUT2D eigenvalue weighted by Crippen LogP contribution is -2.22. The van der Waals surface area contributed by atoms with Crippen LogP contribution >= 0.6 is 7.92 Å². The maximum absolute atomic E-state index is 11.4. The molecule has 0 unspecified atom stereocenters. The van der Waals surface area contributed by atoms with Crippen LogP contribution in [0.1, 0.15) is 0 Å². The third-order valence-corrected chi connectivity index (χ3v) is 7.81. The molecule has 3 aromatic rings. The predicted molar refractivity (Wildman–Crippen MR) is 101 cm³/mol. The highest BCUT2D eigenvalue weighted by atomic mass is 32.2. The molecule has 0 spiro atoms. The molecule has 9 heteroatoms. The van der Waals surface area contributed by atoms with Crippen LogP contribution in [-0.4, -0.2) is 25.9 Å². The molecule has 0 amide bonds. The maximum atomic E-state index is 11.4. The van der Waals surface area contributed by atoms with Crippen molar-refractivity contribution in [2.24, 2.45) is 0 Å². The predicted octanol–water partition coefficient (Wildman–Crippen LogP) is 1.25. The average Bonchev–Trinajstić information content (AvgIpc) is 2.62. The fourth-order valence-electron chi connectivity index (χ4n) is 2.58. The molecule has 3 rings (SSSR count). The standard InChI is InChI=1S/C18H15O6PS2/c19-26(20,21)17-10-4-8-15(12-17)25(14-6-2-1-3-7-14)16-9-5-11-18(13-16)27(22,23)24/h1-13H,(H,19,20,21)(H,22,23,24)/p-2. The average molecular weight is 420 g/mol. The van der Waals surface area contributed by atoms with Crippen molar-refractivity contribution in [3.8, 4) is 0 Å². The minimum absolute atomic E-state index is 0.365. The van der Waals surface area contributed by atoms with E-state index in [1.807, 2.05) is 18.2 Å².